The minimum absolute atomic E-state index is 0.0473. The summed E-state index contributed by atoms with van der Waals surface area (Å²) < 4.78 is 26.6. The number of nitrogens with one attached hydrogen (secondary N) is 1. The quantitative estimate of drug-likeness (QED) is 0.837. The Morgan fingerprint density at radius 1 is 1.15 bits per heavy atom. The van der Waals surface area contributed by atoms with Gasteiger partial charge in [0, 0.05) is 6.04 Å². The molecule has 0 heterocycles. The number of benzene rings is 1. The van der Waals surface area contributed by atoms with Crippen LogP contribution in [-0.4, -0.2) is 24.2 Å². The van der Waals surface area contributed by atoms with Gasteiger partial charge in [-0.2, -0.15) is 0 Å². The first-order valence-corrected chi connectivity index (χ1v) is 7.39. The second-order valence-electron chi connectivity index (χ2n) is 5.68. The molecule has 1 unspecified atom stereocenters. The Balaban J connectivity index is 2.07. The van der Waals surface area contributed by atoms with Crippen LogP contribution in [0.25, 0.3) is 0 Å². The Hall–Kier alpha value is -1.00. The molecule has 1 aliphatic carbocycles. The Bertz CT molecular complexity index is 391. The van der Waals surface area contributed by atoms with Gasteiger partial charge in [0.05, 0.1) is 6.54 Å². The molecule has 0 radical (unpaired) electrons. The second-order valence-corrected chi connectivity index (χ2v) is 5.68. The van der Waals surface area contributed by atoms with Crippen molar-refractivity contribution in [2.24, 2.45) is 5.92 Å². The number of hydrogen-bond acceptors (Lipinski definition) is 2. The van der Waals surface area contributed by atoms with E-state index < -0.39 is 19.1 Å². The van der Waals surface area contributed by atoms with E-state index in [2.05, 4.69) is 5.32 Å². The van der Waals surface area contributed by atoms with Crippen LogP contribution in [0.3, 0.4) is 0 Å². The van der Waals surface area contributed by atoms with Crippen LogP contribution in [0.2, 0.25) is 0 Å². The van der Waals surface area contributed by atoms with Crippen LogP contribution in [0.1, 0.15) is 43.7 Å². The molecule has 0 aromatic heterocycles. The van der Waals surface area contributed by atoms with E-state index in [0.29, 0.717) is 5.92 Å². The molecule has 0 aliphatic heterocycles. The molecule has 4 heteroatoms. The smallest absolute Gasteiger partial charge is 0.282 e. The fraction of sp³-hybridized carbons (Fsp3) is 0.625. The van der Waals surface area contributed by atoms with Crippen LogP contribution in [0.5, 0.6) is 0 Å². The minimum Gasteiger partial charge on any atom is -0.390 e. The van der Waals surface area contributed by atoms with Gasteiger partial charge in [-0.15, -0.1) is 0 Å². The van der Waals surface area contributed by atoms with E-state index in [0.717, 1.165) is 18.4 Å². The van der Waals surface area contributed by atoms with Crippen molar-refractivity contribution < 1.29 is 13.9 Å². The van der Waals surface area contributed by atoms with E-state index in [1.807, 2.05) is 30.3 Å². The van der Waals surface area contributed by atoms with E-state index in [9.17, 15) is 8.78 Å². The number of rotatable bonds is 6. The summed E-state index contributed by atoms with van der Waals surface area (Å²) in [6, 6.07) is 9.75. The maximum absolute atomic E-state index is 13.3. The van der Waals surface area contributed by atoms with Crippen molar-refractivity contribution in [3.8, 4) is 0 Å². The molecule has 1 saturated carbocycles. The first kappa shape index (κ1) is 15.4. The summed E-state index contributed by atoms with van der Waals surface area (Å²) >= 11 is 0. The van der Waals surface area contributed by atoms with Gasteiger partial charge >= 0.3 is 0 Å². The molecular weight excluding hydrogens is 260 g/mol. The van der Waals surface area contributed by atoms with E-state index in [1.54, 1.807) is 0 Å². The lowest BCUT2D eigenvalue weighted by atomic mass is 9.81. The van der Waals surface area contributed by atoms with Crippen molar-refractivity contribution >= 4 is 0 Å². The highest BCUT2D eigenvalue weighted by Gasteiger charge is 2.31. The van der Waals surface area contributed by atoms with Gasteiger partial charge in [-0.3, -0.25) is 0 Å². The van der Waals surface area contributed by atoms with Crippen molar-refractivity contribution in [3.05, 3.63) is 35.9 Å². The zero-order valence-corrected chi connectivity index (χ0v) is 11.7. The van der Waals surface area contributed by atoms with Crippen molar-refractivity contribution in [3.63, 3.8) is 0 Å². The van der Waals surface area contributed by atoms with Crippen molar-refractivity contribution in [1.82, 2.24) is 5.32 Å². The molecule has 0 bridgehead atoms. The van der Waals surface area contributed by atoms with Crippen LogP contribution >= 0.6 is 0 Å². The second kappa shape index (κ2) is 7.14. The molecule has 1 aromatic rings. The maximum Gasteiger partial charge on any atom is 0.282 e. The summed E-state index contributed by atoms with van der Waals surface area (Å²) in [6.07, 6.45) is 5.75. The molecule has 1 aliphatic rings. The predicted molar refractivity (Wildman–Crippen MR) is 75.8 cm³/mol. The molecule has 1 atom stereocenters. The largest absolute Gasteiger partial charge is 0.390 e. The molecular formula is C16H23F2NO. The fourth-order valence-corrected chi connectivity index (χ4v) is 3.00. The third kappa shape index (κ3) is 4.25. The van der Waals surface area contributed by atoms with Gasteiger partial charge in [-0.05, 0) is 24.3 Å². The zero-order chi connectivity index (χ0) is 14.4. The highest BCUT2D eigenvalue weighted by Crippen LogP contribution is 2.34. The molecule has 0 saturated heterocycles. The van der Waals surface area contributed by atoms with Gasteiger partial charge in [0.2, 0.25) is 0 Å². The SMILES string of the molecule is OCC(F)(F)CNC(c1ccccc1)C1CCCCC1. The van der Waals surface area contributed by atoms with Gasteiger partial charge in [0.1, 0.15) is 6.61 Å². The first-order chi connectivity index (χ1) is 9.62. The fourth-order valence-electron chi connectivity index (χ4n) is 3.00. The number of hydrogen-bond donors (Lipinski definition) is 2. The normalized spacial score (nSPS) is 18.9. The molecule has 1 fully saturated rings. The molecule has 1 aromatic carbocycles. The molecule has 0 spiro atoms. The van der Waals surface area contributed by atoms with Crippen LogP contribution < -0.4 is 5.32 Å². The lowest BCUT2D eigenvalue weighted by molar-refractivity contribution is -0.0509. The Kier molecular flexibility index (Phi) is 5.49. The van der Waals surface area contributed by atoms with Crippen LogP contribution in [0.15, 0.2) is 30.3 Å². The Labute approximate surface area is 119 Å². The summed E-state index contributed by atoms with van der Waals surface area (Å²) in [5, 5.41) is 11.7. The topological polar surface area (TPSA) is 32.3 Å². The summed E-state index contributed by atoms with van der Waals surface area (Å²) in [6.45, 7) is -1.58. The third-order valence-electron chi connectivity index (χ3n) is 4.09. The standard InChI is InChI=1S/C16H23F2NO/c17-16(18,12-20)11-19-15(13-7-3-1-4-8-13)14-9-5-2-6-10-14/h1,3-4,7-8,14-15,19-20H,2,5-6,9-12H2. The molecule has 2 N–H and O–H groups in total. The Morgan fingerprint density at radius 2 is 1.80 bits per heavy atom. The Morgan fingerprint density at radius 3 is 2.40 bits per heavy atom. The third-order valence-corrected chi connectivity index (χ3v) is 4.09. The highest BCUT2D eigenvalue weighted by atomic mass is 19.3. The van der Waals surface area contributed by atoms with Gasteiger partial charge in [-0.1, -0.05) is 49.6 Å². The summed E-state index contributed by atoms with van der Waals surface area (Å²) in [7, 11) is 0. The van der Waals surface area contributed by atoms with Crippen molar-refractivity contribution in [1.29, 1.82) is 0 Å². The van der Waals surface area contributed by atoms with Gasteiger partial charge < -0.3 is 10.4 Å². The van der Waals surface area contributed by atoms with Crippen LogP contribution in [0, 0.1) is 5.92 Å². The molecule has 2 nitrogen and oxygen atoms in total. The summed E-state index contributed by atoms with van der Waals surface area (Å²) in [5.41, 5.74) is 1.06. The minimum atomic E-state index is -3.05. The lowest BCUT2D eigenvalue weighted by Gasteiger charge is -2.32. The van der Waals surface area contributed by atoms with E-state index >= 15 is 0 Å². The van der Waals surface area contributed by atoms with E-state index in [-0.39, 0.29) is 6.04 Å². The molecule has 2 rings (SSSR count). The molecule has 112 valence electrons. The van der Waals surface area contributed by atoms with Crippen molar-refractivity contribution in [2.45, 2.75) is 44.1 Å². The summed E-state index contributed by atoms with van der Waals surface area (Å²) in [4.78, 5) is 0. The van der Waals surface area contributed by atoms with Gasteiger partial charge in [-0.25, -0.2) is 8.78 Å². The summed E-state index contributed by atoms with van der Waals surface area (Å²) in [5.74, 6) is -2.65. The monoisotopic (exact) mass is 283 g/mol. The first-order valence-electron chi connectivity index (χ1n) is 7.39. The maximum atomic E-state index is 13.3. The molecule has 0 amide bonds. The van der Waals surface area contributed by atoms with Crippen molar-refractivity contribution in [2.75, 3.05) is 13.2 Å². The van der Waals surface area contributed by atoms with E-state index in [4.69, 9.17) is 5.11 Å². The number of alkyl halides is 2. The average molecular weight is 283 g/mol. The predicted octanol–water partition coefficient (Wildman–Crippen LogP) is 3.53. The lowest BCUT2D eigenvalue weighted by Crippen LogP contribution is -2.40. The number of aliphatic hydroxyl groups excluding tert-OH is 1. The number of aliphatic hydroxyl groups is 1. The zero-order valence-electron chi connectivity index (χ0n) is 11.7. The highest BCUT2D eigenvalue weighted by molar-refractivity contribution is 5.20. The van der Waals surface area contributed by atoms with Gasteiger partial charge in [0.25, 0.3) is 5.92 Å². The van der Waals surface area contributed by atoms with Crippen LogP contribution in [0.4, 0.5) is 8.78 Å². The van der Waals surface area contributed by atoms with Gasteiger partial charge in [0.15, 0.2) is 0 Å². The average Bonchev–Trinajstić information content (AvgIpc) is 2.49. The van der Waals surface area contributed by atoms with E-state index in [1.165, 1.54) is 19.3 Å². The van der Waals surface area contributed by atoms with Crippen LogP contribution in [-0.2, 0) is 0 Å². The number of halogens is 2. The molecule has 20 heavy (non-hydrogen) atoms.